The van der Waals surface area contributed by atoms with Crippen LogP contribution in [0.2, 0.25) is 0 Å². The first-order chi connectivity index (χ1) is 22.4. The van der Waals surface area contributed by atoms with Gasteiger partial charge in [-0.15, -0.1) is 11.8 Å². The van der Waals surface area contributed by atoms with Crippen LogP contribution in [0.4, 0.5) is 9.18 Å². The smallest absolute Gasteiger partial charge is 0.451 e. The van der Waals surface area contributed by atoms with Crippen LogP contribution >= 0.6 is 11.8 Å². The maximum Gasteiger partial charge on any atom is 0.511 e. The molecule has 5 aliphatic heterocycles. The Bertz CT molecular complexity index is 1780. The Balaban J connectivity index is 1.32. The number of nitrogens with zero attached hydrogens (tertiary/aromatic N) is 3. The van der Waals surface area contributed by atoms with Crippen molar-refractivity contribution in [2.45, 2.75) is 73.6 Å². The lowest BCUT2D eigenvalue weighted by atomic mass is 9.71. The number of carbonyl (C=O) groups is 2. The number of amides is 1. The van der Waals surface area contributed by atoms with Crippen molar-refractivity contribution in [3.05, 3.63) is 93.2 Å². The fourth-order valence-corrected chi connectivity index (χ4v) is 9.22. The third-order valence-corrected chi connectivity index (χ3v) is 11.2. The highest BCUT2D eigenvalue weighted by Gasteiger charge is 2.63. The van der Waals surface area contributed by atoms with Crippen molar-refractivity contribution in [1.82, 2.24) is 9.58 Å². The van der Waals surface area contributed by atoms with E-state index < -0.39 is 30.6 Å². The summed E-state index contributed by atoms with van der Waals surface area (Å²) in [4.78, 5) is 42.7. The second kappa shape index (κ2) is 11.3. The molecule has 46 heavy (non-hydrogen) atoms. The quantitative estimate of drug-likeness (QED) is 0.259. The normalized spacial score (nSPS) is 27.1. The Hall–Kier alpha value is -4.03. The van der Waals surface area contributed by atoms with Gasteiger partial charge >= 0.3 is 6.16 Å². The van der Waals surface area contributed by atoms with Gasteiger partial charge in [-0.1, -0.05) is 37.3 Å². The second-order valence-corrected chi connectivity index (χ2v) is 13.5. The van der Waals surface area contributed by atoms with Gasteiger partial charge in [-0.05, 0) is 55.4 Å². The van der Waals surface area contributed by atoms with Crippen molar-refractivity contribution in [1.29, 1.82) is 0 Å². The molecular formula is C34H34FN3O7S. The number of piperidine rings is 1. The van der Waals surface area contributed by atoms with Crippen molar-refractivity contribution >= 4 is 23.8 Å². The number of halogens is 1. The third kappa shape index (κ3) is 4.51. The number of benzene rings is 2. The molecule has 0 saturated carbocycles. The summed E-state index contributed by atoms with van der Waals surface area (Å²) in [7, 11) is 0. The number of ether oxygens (including phenoxy) is 4. The van der Waals surface area contributed by atoms with Gasteiger partial charge < -0.3 is 23.8 Å². The number of hydrogen-bond acceptors (Lipinski definition) is 9. The van der Waals surface area contributed by atoms with Crippen LogP contribution in [-0.2, 0) is 20.0 Å². The van der Waals surface area contributed by atoms with E-state index in [4.69, 9.17) is 18.9 Å². The zero-order valence-corrected chi connectivity index (χ0v) is 26.2. The number of rotatable bonds is 6. The Morgan fingerprint density at radius 3 is 2.83 bits per heavy atom. The number of fused-ring (bicyclic) bond motifs is 6. The predicted octanol–water partition coefficient (Wildman–Crippen LogP) is 5.34. The molecular weight excluding hydrogens is 613 g/mol. The Kier molecular flexibility index (Phi) is 7.24. The van der Waals surface area contributed by atoms with Crippen molar-refractivity contribution < 1.29 is 32.9 Å². The average molecular weight is 648 g/mol. The zero-order valence-electron chi connectivity index (χ0n) is 25.4. The minimum atomic E-state index is -0.933. The lowest BCUT2D eigenvalue weighted by molar-refractivity contribution is -0.0758. The monoisotopic (exact) mass is 647 g/mol. The molecule has 2 aromatic carbocycles. The molecule has 3 aromatic rings. The Morgan fingerprint density at radius 2 is 1.98 bits per heavy atom. The second-order valence-electron chi connectivity index (χ2n) is 12.5. The first kappa shape index (κ1) is 29.4. The van der Waals surface area contributed by atoms with Gasteiger partial charge in [0.1, 0.15) is 18.0 Å². The molecule has 0 N–H and O–H groups in total. The minimum absolute atomic E-state index is 0.00145. The summed E-state index contributed by atoms with van der Waals surface area (Å²) in [5.41, 5.74) is 1.40. The SMILES string of the molecule is CCCOC(=O)OCOc1c2n(ccc1=O)N([C@@H]1c3ccccc3SCc3cccc(F)c31)[C@@H]1[C@H]3C[C@@H]4CC[C@@]3(CCN1C2=O)O4. The lowest BCUT2D eigenvalue weighted by Crippen LogP contribution is -2.70. The molecule has 3 fully saturated rings. The lowest BCUT2D eigenvalue weighted by Gasteiger charge is -2.57. The van der Waals surface area contributed by atoms with Crippen LogP contribution in [0.15, 0.2) is 64.4 Å². The van der Waals surface area contributed by atoms with Crippen molar-refractivity contribution in [2.75, 3.05) is 25.0 Å². The van der Waals surface area contributed by atoms with Gasteiger partial charge in [0, 0.05) is 40.9 Å². The largest absolute Gasteiger partial charge is 0.511 e. The number of aromatic nitrogens is 1. The highest BCUT2D eigenvalue weighted by molar-refractivity contribution is 7.98. The predicted molar refractivity (Wildman–Crippen MR) is 166 cm³/mol. The molecule has 5 aliphatic rings. The molecule has 1 aromatic heterocycles. The molecule has 3 saturated heterocycles. The number of pyridine rings is 1. The zero-order chi connectivity index (χ0) is 31.6. The first-order valence-corrected chi connectivity index (χ1v) is 16.8. The summed E-state index contributed by atoms with van der Waals surface area (Å²) < 4.78 is 40.3. The van der Waals surface area contributed by atoms with Gasteiger partial charge in [0.25, 0.3) is 5.91 Å². The van der Waals surface area contributed by atoms with E-state index in [0.29, 0.717) is 30.7 Å². The topological polar surface area (TPSA) is 99.5 Å². The van der Waals surface area contributed by atoms with E-state index in [1.807, 2.05) is 37.3 Å². The van der Waals surface area contributed by atoms with E-state index in [0.717, 1.165) is 35.3 Å². The van der Waals surface area contributed by atoms with Crippen molar-refractivity contribution in [2.24, 2.45) is 5.92 Å². The summed E-state index contributed by atoms with van der Waals surface area (Å²) in [5, 5.41) is 2.07. The summed E-state index contributed by atoms with van der Waals surface area (Å²) in [5.74, 6) is -0.400. The van der Waals surface area contributed by atoms with Gasteiger partial charge in [0.2, 0.25) is 18.0 Å². The van der Waals surface area contributed by atoms with E-state index in [2.05, 4.69) is 5.01 Å². The molecule has 12 heteroatoms. The molecule has 1 spiro atoms. The summed E-state index contributed by atoms with van der Waals surface area (Å²) in [6, 6.07) is 13.8. The number of hydrogen-bond donors (Lipinski definition) is 0. The highest BCUT2D eigenvalue weighted by atomic mass is 32.2. The maximum atomic E-state index is 16.2. The molecule has 240 valence electrons. The van der Waals surface area contributed by atoms with Crippen LogP contribution in [0, 0.1) is 11.7 Å². The fraction of sp³-hybridized carbons (Fsp3) is 0.441. The molecule has 6 heterocycles. The average Bonchev–Trinajstić information content (AvgIpc) is 3.59. The number of carbonyl (C=O) groups excluding carboxylic acids is 2. The first-order valence-electron chi connectivity index (χ1n) is 15.8. The molecule has 0 aliphatic carbocycles. The van der Waals surface area contributed by atoms with E-state index in [1.165, 1.54) is 12.1 Å². The molecule has 8 rings (SSSR count). The van der Waals surface area contributed by atoms with Gasteiger partial charge in [0.05, 0.1) is 18.3 Å². The van der Waals surface area contributed by atoms with Gasteiger partial charge in [-0.2, -0.15) is 0 Å². The van der Waals surface area contributed by atoms with Gasteiger partial charge in [-0.3, -0.25) is 19.3 Å². The van der Waals surface area contributed by atoms with Crippen LogP contribution < -0.4 is 15.2 Å². The van der Waals surface area contributed by atoms with Crippen LogP contribution in [0.3, 0.4) is 0 Å². The standard InChI is InChI=1S/C34H34FN3O7S/c1-2-16-42-33(41)44-19-43-30-25(39)11-14-37-29(30)32(40)36-15-13-34-12-10-21(45-34)17-23(34)31(36)38(37)28-22-7-3-4-9-26(22)46-18-20-6-5-8-24(35)27(20)28/h3-9,11,14,21,23,28,31H,2,10,12-13,15-19H2,1H3/t21-,23+,28+,31+,34-/m0/s1. The van der Waals surface area contributed by atoms with E-state index in [1.54, 1.807) is 33.6 Å². The molecule has 0 radical (unpaired) electrons. The molecule has 0 unspecified atom stereocenters. The summed E-state index contributed by atoms with van der Waals surface area (Å²) in [6.45, 7) is 1.82. The molecule has 5 atom stereocenters. The van der Waals surface area contributed by atoms with Crippen LogP contribution in [0.1, 0.15) is 72.2 Å². The van der Waals surface area contributed by atoms with E-state index >= 15 is 4.39 Å². The Labute approximate surface area is 269 Å². The van der Waals surface area contributed by atoms with E-state index in [-0.39, 0.29) is 47.4 Å². The molecule has 1 amide bonds. The molecule has 2 bridgehead atoms. The van der Waals surface area contributed by atoms with Gasteiger partial charge in [0.15, 0.2) is 5.69 Å². The summed E-state index contributed by atoms with van der Waals surface area (Å²) >= 11 is 1.65. The number of thioether (sulfide) groups is 1. The van der Waals surface area contributed by atoms with Gasteiger partial charge in [-0.25, -0.2) is 9.18 Å². The maximum absolute atomic E-state index is 16.2. The van der Waals surface area contributed by atoms with Crippen LogP contribution in [0.5, 0.6) is 5.75 Å². The summed E-state index contributed by atoms with van der Waals surface area (Å²) in [6.07, 6.45) is 4.24. The molecule has 10 nitrogen and oxygen atoms in total. The highest BCUT2D eigenvalue weighted by Crippen LogP contribution is 2.57. The minimum Gasteiger partial charge on any atom is -0.451 e. The fourth-order valence-electron chi connectivity index (χ4n) is 8.14. The van der Waals surface area contributed by atoms with E-state index in [9.17, 15) is 14.4 Å². The third-order valence-electron chi connectivity index (χ3n) is 10.0. The van der Waals surface area contributed by atoms with Crippen molar-refractivity contribution in [3.63, 3.8) is 0 Å². The van der Waals surface area contributed by atoms with Crippen LogP contribution in [0.25, 0.3) is 0 Å². The van der Waals surface area contributed by atoms with Crippen LogP contribution in [-0.4, -0.2) is 59.5 Å². The van der Waals surface area contributed by atoms with Crippen molar-refractivity contribution in [3.8, 4) is 5.75 Å². The Morgan fingerprint density at radius 1 is 1.11 bits per heavy atom.